The third kappa shape index (κ3) is 3.18. The van der Waals surface area contributed by atoms with E-state index < -0.39 is 5.97 Å². The smallest absolute Gasteiger partial charge is 0.323 e. The van der Waals surface area contributed by atoms with Crippen LogP contribution in [0.25, 0.3) is 0 Å². The minimum absolute atomic E-state index is 0.0500. The van der Waals surface area contributed by atoms with Crippen LogP contribution in [0, 0.1) is 5.92 Å². The first kappa shape index (κ1) is 14.6. The third-order valence-corrected chi connectivity index (χ3v) is 3.65. The Labute approximate surface area is 119 Å². The number of benzene rings is 1. The fourth-order valence-corrected chi connectivity index (χ4v) is 2.87. The lowest BCUT2D eigenvalue weighted by Gasteiger charge is -2.26. The lowest BCUT2D eigenvalue weighted by atomic mass is 9.99. The summed E-state index contributed by atoms with van der Waals surface area (Å²) in [5.41, 5.74) is 2.28. The van der Waals surface area contributed by atoms with Gasteiger partial charge < -0.3 is 10.0 Å². The molecule has 0 spiro atoms. The zero-order valence-corrected chi connectivity index (χ0v) is 12.0. The van der Waals surface area contributed by atoms with Crippen molar-refractivity contribution in [1.82, 2.24) is 4.90 Å². The number of nitrogens with zero attached hydrogens (tertiary/aromatic N) is 1. The van der Waals surface area contributed by atoms with E-state index in [1.54, 1.807) is 0 Å². The van der Waals surface area contributed by atoms with E-state index in [4.69, 9.17) is 5.11 Å². The monoisotopic (exact) mass is 275 g/mol. The number of carbonyl (C=O) groups excluding carboxylic acids is 1. The first-order valence-corrected chi connectivity index (χ1v) is 7.07. The molecule has 4 nitrogen and oxygen atoms in total. The van der Waals surface area contributed by atoms with Crippen LogP contribution in [0.3, 0.4) is 0 Å². The van der Waals surface area contributed by atoms with Crippen LogP contribution in [0.4, 0.5) is 0 Å². The topological polar surface area (TPSA) is 57.6 Å². The van der Waals surface area contributed by atoms with Gasteiger partial charge in [-0.2, -0.15) is 0 Å². The van der Waals surface area contributed by atoms with Crippen molar-refractivity contribution < 1.29 is 14.7 Å². The number of carboxylic acids is 1. The zero-order valence-electron chi connectivity index (χ0n) is 12.0. The van der Waals surface area contributed by atoms with Gasteiger partial charge in [-0.25, -0.2) is 0 Å². The maximum absolute atomic E-state index is 12.6. The molecule has 0 bridgehead atoms. The van der Waals surface area contributed by atoms with E-state index in [-0.39, 0.29) is 24.3 Å². The standard InChI is InChI=1S/C16H21NO3/c1-11(2)9-17(10-15(18)19)16(20)14-8-7-12-5-3-4-6-13(12)14/h3-6,11,14H,7-10H2,1-2H3,(H,18,19). The van der Waals surface area contributed by atoms with Gasteiger partial charge in [0, 0.05) is 6.54 Å². The third-order valence-electron chi connectivity index (χ3n) is 3.65. The van der Waals surface area contributed by atoms with Crippen molar-refractivity contribution in [1.29, 1.82) is 0 Å². The van der Waals surface area contributed by atoms with E-state index in [1.807, 2.05) is 38.1 Å². The second kappa shape index (κ2) is 6.07. The zero-order chi connectivity index (χ0) is 14.7. The fraction of sp³-hybridized carbons (Fsp3) is 0.500. The Hall–Kier alpha value is -1.84. The summed E-state index contributed by atoms with van der Waals surface area (Å²) in [4.78, 5) is 25.1. The van der Waals surface area contributed by atoms with Crippen molar-refractivity contribution in [2.45, 2.75) is 32.6 Å². The van der Waals surface area contributed by atoms with E-state index >= 15 is 0 Å². The maximum Gasteiger partial charge on any atom is 0.323 e. The molecule has 108 valence electrons. The number of fused-ring (bicyclic) bond motifs is 1. The van der Waals surface area contributed by atoms with E-state index in [0.717, 1.165) is 18.4 Å². The molecule has 0 heterocycles. The van der Waals surface area contributed by atoms with Crippen LogP contribution in [0.1, 0.15) is 37.3 Å². The number of hydrogen-bond acceptors (Lipinski definition) is 2. The van der Waals surface area contributed by atoms with Gasteiger partial charge in [-0.3, -0.25) is 9.59 Å². The Morgan fingerprint density at radius 3 is 2.70 bits per heavy atom. The van der Waals surface area contributed by atoms with Crippen molar-refractivity contribution in [3.63, 3.8) is 0 Å². The van der Waals surface area contributed by atoms with Gasteiger partial charge in [0.15, 0.2) is 0 Å². The minimum atomic E-state index is -0.953. The molecule has 0 aliphatic heterocycles. The van der Waals surface area contributed by atoms with Crippen LogP contribution in [0.15, 0.2) is 24.3 Å². The summed E-state index contributed by atoms with van der Waals surface area (Å²) >= 11 is 0. The Bertz CT molecular complexity index is 510. The highest BCUT2D eigenvalue weighted by Gasteiger charge is 2.32. The van der Waals surface area contributed by atoms with Crippen LogP contribution in [-0.2, 0) is 16.0 Å². The van der Waals surface area contributed by atoms with Crippen LogP contribution in [-0.4, -0.2) is 35.0 Å². The molecule has 0 saturated heterocycles. The first-order valence-electron chi connectivity index (χ1n) is 7.07. The maximum atomic E-state index is 12.6. The molecule has 4 heteroatoms. The molecule has 0 aromatic heterocycles. The van der Waals surface area contributed by atoms with Gasteiger partial charge in [-0.1, -0.05) is 38.1 Å². The van der Waals surface area contributed by atoms with E-state index in [1.165, 1.54) is 10.5 Å². The molecular formula is C16H21NO3. The Kier molecular flexibility index (Phi) is 4.42. The summed E-state index contributed by atoms with van der Waals surface area (Å²) in [5.74, 6) is -0.921. The summed E-state index contributed by atoms with van der Waals surface area (Å²) in [6.45, 7) is 4.26. The predicted octanol–water partition coefficient (Wildman–Crippen LogP) is 2.29. The lowest BCUT2D eigenvalue weighted by molar-refractivity contribution is -0.145. The van der Waals surface area contributed by atoms with Gasteiger partial charge >= 0.3 is 5.97 Å². The summed E-state index contributed by atoms with van der Waals surface area (Å²) in [6, 6.07) is 7.95. The number of carboxylic acid groups (broad SMARTS) is 1. The number of aliphatic carboxylic acids is 1. The summed E-state index contributed by atoms with van der Waals surface area (Å²) < 4.78 is 0. The molecule has 1 aromatic carbocycles. The molecule has 20 heavy (non-hydrogen) atoms. The second-order valence-corrected chi connectivity index (χ2v) is 5.80. The highest BCUT2D eigenvalue weighted by atomic mass is 16.4. The van der Waals surface area contributed by atoms with Crippen LogP contribution in [0.2, 0.25) is 0 Å². The minimum Gasteiger partial charge on any atom is -0.480 e. The molecule has 0 saturated carbocycles. The first-order chi connectivity index (χ1) is 9.49. The molecule has 1 atom stereocenters. The Balaban J connectivity index is 2.18. The van der Waals surface area contributed by atoms with E-state index in [9.17, 15) is 9.59 Å². The molecule has 0 fully saturated rings. The van der Waals surface area contributed by atoms with Crippen molar-refractivity contribution in [3.8, 4) is 0 Å². The molecule has 1 amide bonds. The normalized spacial score (nSPS) is 17.1. The van der Waals surface area contributed by atoms with Crippen molar-refractivity contribution in [2.75, 3.05) is 13.1 Å². The van der Waals surface area contributed by atoms with Gasteiger partial charge in [-0.05, 0) is 29.9 Å². The summed E-state index contributed by atoms with van der Waals surface area (Å²) in [7, 11) is 0. The van der Waals surface area contributed by atoms with Gasteiger partial charge in [-0.15, -0.1) is 0 Å². The molecule has 1 aliphatic carbocycles. The second-order valence-electron chi connectivity index (χ2n) is 5.80. The number of carbonyl (C=O) groups is 2. The lowest BCUT2D eigenvalue weighted by Crippen LogP contribution is -2.40. The van der Waals surface area contributed by atoms with Crippen LogP contribution in [0.5, 0.6) is 0 Å². The van der Waals surface area contributed by atoms with Gasteiger partial charge in [0.2, 0.25) is 5.91 Å². The summed E-state index contributed by atoms with van der Waals surface area (Å²) in [6.07, 6.45) is 1.68. The van der Waals surface area contributed by atoms with Crippen LogP contribution >= 0.6 is 0 Å². The SMILES string of the molecule is CC(C)CN(CC(=O)O)C(=O)C1CCc2ccccc21. The number of aryl methyl sites for hydroxylation is 1. The van der Waals surface area contributed by atoms with E-state index in [2.05, 4.69) is 0 Å². The average Bonchev–Trinajstić information content (AvgIpc) is 2.79. The van der Waals surface area contributed by atoms with Crippen LogP contribution < -0.4 is 0 Å². The molecular weight excluding hydrogens is 254 g/mol. The molecule has 1 N–H and O–H groups in total. The number of hydrogen-bond donors (Lipinski definition) is 1. The number of amides is 1. The quantitative estimate of drug-likeness (QED) is 0.897. The van der Waals surface area contributed by atoms with Crippen molar-refractivity contribution in [2.24, 2.45) is 5.92 Å². The van der Waals surface area contributed by atoms with Gasteiger partial charge in [0.05, 0.1) is 5.92 Å². The molecule has 1 aromatic rings. The molecule has 1 unspecified atom stereocenters. The Morgan fingerprint density at radius 2 is 2.05 bits per heavy atom. The Morgan fingerprint density at radius 1 is 1.35 bits per heavy atom. The van der Waals surface area contributed by atoms with Gasteiger partial charge in [0.25, 0.3) is 0 Å². The summed E-state index contributed by atoms with van der Waals surface area (Å²) in [5, 5.41) is 8.99. The predicted molar refractivity (Wildman–Crippen MR) is 76.6 cm³/mol. The van der Waals surface area contributed by atoms with Crippen molar-refractivity contribution >= 4 is 11.9 Å². The number of rotatable bonds is 5. The van der Waals surface area contributed by atoms with Crippen molar-refractivity contribution in [3.05, 3.63) is 35.4 Å². The molecule has 2 rings (SSSR count). The molecule has 0 radical (unpaired) electrons. The van der Waals surface area contributed by atoms with Gasteiger partial charge in [0.1, 0.15) is 6.54 Å². The molecule has 1 aliphatic rings. The van der Waals surface area contributed by atoms with E-state index in [0.29, 0.717) is 6.54 Å². The average molecular weight is 275 g/mol. The largest absolute Gasteiger partial charge is 0.480 e. The highest BCUT2D eigenvalue weighted by Crippen LogP contribution is 2.34. The fourth-order valence-electron chi connectivity index (χ4n) is 2.87. The highest BCUT2D eigenvalue weighted by molar-refractivity contribution is 5.87.